The van der Waals surface area contributed by atoms with Gasteiger partial charge in [-0.3, -0.25) is 9.69 Å². The second-order valence-electron chi connectivity index (χ2n) is 6.57. The van der Waals surface area contributed by atoms with E-state index in [1.165, 1.54) is 0 Å². The Bertz CT molecular complexity index is 638. The first kappa shape index (κ1) is 17.6. The van der Waals surface area contributed by atoms with Crippen LogP contribution in [0.2, 0.25) is 0 Å². The summed E-state index contributed by atoms with van der Waals surface area (Å²) in [5.74, 6) is -1.46. The fraction of sp³-hybridized carbons (Fsp3) is 0.529. The van der Waals surface area contributed by atoms with Crippen LogP contribution in [-0.4, -0.2) is 60.0 Å². The Balaban J connectivity index is 1.49. The molecule has 3 amide bonds. The van der Waals surface area contributed by atoms with Gasteiger partial charge in [0.25, 0.3) is 0 Å². The first-order chi connectivity index (χ1) is 11.9. The number of benzene rings is 1. The number of amides is 3. The van der Waals surface area contributed by atoms with Crippen molar-refractivity contribution in [3.8, 4) is 0 Å². The predicted octanol–water partition coefficient (Wildman–Crippen LogP) is 1.78. The highest BCUT2D eigenvalue weighted by molar-refractivity contribution is 5.89. The fourth-order valence-electron chi connectivity index (χ4n) is 2.86. The van der Waals surface area contributed by atoms with Gasteiger partial charge in [-0.05, 0) is 31.9 Å². The highest BCUT2D eigenvalue weighted by Crippen LogP contribution is 2.19. The molecule has 1 aliphatic heterocycles. The van der Waals surface area contributed by atoms with Crippen LogP contribution in [0.5, 0.6) is 0 Å². The molecule has 2 N–H and O–H groups in total. The molecule has 1 unspecified atom stereocenters. The van der Waals surface area contributed by atoms with Gasteiger partial charge in [-0.25, -0.2) is 13.6 Å². The number of hydrogen-bond donors (Lipinski definition) is 2. The number of nitrogens with zero attached hydrogens (tertiary/aromatic N) is 2. The maximum Gasteiger partial charge on any atom is 0.321 e. The lowest BCUT2D eigenvalue weighted by atomic mass is 10.2. The molecule has 2 fully saturated rings. The van der Waals surface area contributed by atoms with Gasteiger partial charge in [0.05, 0.1) is 6.04 Å². The molecule has 3 rings (SSSR count). The zero-order valence-corrected chi connectivity index (χ0v) is 14.1. The highest BCUT2D eigenvalue weighted by atomic mass is 19.1. The molecular weight excluding hydrogens is 330 g/mol. The van der Waals surface area contributed by atoms with Gasteiger partial charge in [-0.1, -0.05) is 0 Å². The molecule has 0 radical (unpaired) electrons. The van der Waals surface area contributed by atoms with Gasteiger partial charge in [0.15, 0.2) is 0 Å². The van der Waals surface area contributed by atoms with Crippen LogP contribution in [-0.2, 0) is 4.79 Å². The number of nitrogens with one attached hydrogen (secondary N) is 2. The van der Waals surface area contributed by atoms with E-state index in [0.717, 1.165) is 31.0 Å². The van der Waals surface area contributed by atoms with E-state index in [-0.39, 0.29) is 17.6 Å². The molecule has 8 heteroatoms. The lowest BCUT2D eigenvalue weighted by molar-refractivity contribution is -0.126. The number of carbonyl (C=O) groups is 2. The van der Waals surface area contributed by atoms with Crippen LogP contribution in [0.4, 0.5) is 19.3 Å². The number of hydrogen-bond acceptors (Lipinski definition) is 3. The van der Waals surface area contributed by atoms with Crippen LogP contribution in [0, 0.1) is 11.6 Å². The molecule has 0 aromatic heterocycles. The number of urea groups is 1. The summed E-state index contributed by atoms with van der Waals surface area (Å²) in [6, 6.07) is 2.59. The summed E-state index contributed by atoms with van der Waals surface area (Å²) < 4.78 is 26.4. The molecule has 1 aromatic rings. The van der Waals surface area contributed by atoms with Crippen molar-refractivity contribution in [3.63, 3.8) is 0 Å². The van der Waals surface area contributed by atoms with Gasteiger partial charge >= 0.3 is 6.03 Å². The van der Waals surface area contributed by atoms with Crippen LogP contribution in [0.3, 0.4) is 0 Å². The average molecular weight is 352 g/mol. The van der Waals surface area contributed by atoms with E-state index in [4.69, 9.17) is 0 Å². The Morgan fingerprint density at radius 1 is 1.08 bits per heavy atom. The number of piperazine rings is 1. The van der Waals surface area contributed by atoms with E-state index >= 15 is 0 Å². The van der Waals surface area contributed by atoms with Crippen molar-refractivity contribution in [2.45, 2.75) is 31.8 Å². The quantitative estimate of drug-likeness (QED) is 0.868. The third-order valence-corrected chi connectivity index (χ3v) is 4.57. The minimum absolute atomic E-state index is 0.0237. The second-order valence-corrected chi connectivity index (χ2v) is 6.57. The molecule has 1 aromatic carbocycles. The van der Waals surface area contributed by atoms with Gasteiger partial charge in [-0.2, -0.15) is 0 Å². The maximum absolute atomic E-state index is 13.2. The second kappa shape index (κ2) is 7.35. The van der Waals surface area contributed by atoms with Crippen LogP contribution >= 0.6 is 0 Å². The largest absolute Gasteiger partial charge is 0.352 e. The molecule has 25 heavy (non-hydrogen) atoms. The number of rotatable bonds is 4. The van der Waals surface area contributed by atoms with Crippen LogP contribution in [0.1, 0.15) is 19.8 Å². The molecule has 2 aliphatic rings. The summed E-state index contributed by atoms with van der Waals surface area (Å²) >= 11 is 0. The first-order valence-corrected chi connectivity index (χ1v) is 8.49. The van der Waals surface area contributed by atoms with Crippen molar-refractivity contribution in [3.05, 3.63) is 29.8 Å². The van der Waals surface area contributed by atoms with Crippen molar-refractivity contribution in [2.75, 3.05) is 31.5 Å². The van der Waals surface area contributed by atoms with Gasteiger partial charge < -0.3 is 15.5 Å². The summed E-state index contributed by atoms with van der Waals surface area (Å²) in [5, 5.41) is 5.49. The summed E-state index contributed by atoms with van der Waals surface area (Å²) in [6.45, 7) is 3.91. The van der Waals surface area contributed by atoms with Gasteiger partial charge in [-0.15, -0.1) is 0 Å². The van der Waals surface area contributed by atoms with E-state index in [1.54, 1.807) is 4.90 Å². The van der Waals surface area contributed by atoms with Crippen molar-refractivity contribution < 1.29 is 18.4 Å². The van der Waals surface area contributed by atoms with Crippen LogP contribution < -0.4 is 10.6 Å². The SMILES string of the molecule is CC(C(=O)NC1CC1)N1CCN(C(=O)Nc2cc(F)cc(F)c2)CC1. The normalized spacial score (nSPS) is 19.4. The summed E-state index contributed by atoms with van der Waals surface area (Å²) in [6.07, 6.45) is 2.10. The molecule has 1 aliphatic carbocycles. The minimum atomic E-state index is -0.740. The zero-order valence-electron chi connectivity index (χ0n) is 14.1. The lowest BCUT2D eigenvalue weighted by Gasteiger charge is -2.37. The van der Waals surface area contributed by atoms with E-state index in [2.05, 4.69) is 10.6 Å². The van der Waals surface area contributed by atoms with Gasteiger partial charge in [0.2, 0.25) is 5.91 Å². The molecular formula is C17H22F2N4O2. The molecule has 1 atom stereocenters. The molecule has 0 spiro atoms. The van der Waals surface area contributed by atoms with Gasteiger partial charge in [0, 0.05) is 44.0 Å². The molecule has 1 saturated carbocycles. The monoisotopic (exact) mass is 352 g/mol. The van der Waals surface area contributed by atoms with Crippen molar-refractivity contribution in [2.24, 2.45) is 0 Å². The Morgan fingerprint density at radius 2 is 1.68 bits per heavy atom. The topological polar surface area (TPSA) is 64.7 Å². The third kappa shape index (κ3) is 4.66. The van der Waals surface area contributed by atoms with E-state index in [1.807, 2.05) is 11.8 Å². The highest BCUT2D eigenvalue weighted by Gasteiger charge is 2.30. The molecule has 1 heterocycles. The van der Waals surface area contributed by atoms with Crippen LogP contribution in [0.15, 0.2) is 18.2 Å². The minimum Gasteiger partial charge on any atom is -0.352 e. The maximum atomic E-state index is 13.2. The molecule has 136 valence electrons. The van der Waals surface area contributed by atoms with Crippen LogP contribution in [0.25, 0.3) is 0 Å². The number of carbonyl (C=O) groups excluding carboxylic acids is 2. The Hall–Kier alpha value is -2.22. The van der Waals surface area contributed by atoms with Crippen molar-refractivity contribution in [1.82, 2.24) is 15.1 Å². The fourth-order valence-corrected chi connectivity index (χ4v) is 2.86. The Morgan fingerprint density at radius 3 is 2.24 bits per heavy atom. The molecule has 0 bridgehead atoms. The zero-order chi connectivity index (χ0) is 18.0. The summed E-state index contributed by atoms with van der Waals surface area (Å²) in [7, 11) is 0. The number of halogens is 2. The van der Waals surface area contributed by atoms with E-state index in [0.29, 0.717) is 32.2 Å². The average Bonchev–Trinajstić information content (AvgIpc) is 3.37. The first-order valence-electron chi connectivity index (χ1n) is 8.49. The van der Waals surface area contributed by atoms with Gasteiger partial charge in [0.1, 0.15) is 11.6 Å². The Labute approximate surface area is 145 Å². The number of anilines is 1. The summed E-state index contributed by atoms with van der Waals surface area (Å²) in [4.78, 5) is 27.9. The smallest absolute Gasteiger partial charge is 0.321 e. The predicted molar refractivity (Wildman–Crippen MR) is 89.1 cm³/mol. The molecule has 6 nitrogen and oxygen atoms in total. The van der Waals surface area contributed by atoms with Crippen molar-refractivity contribution >= 4 is 17.6 Å². The standard InChI is InChI=1S/C17H22F2N4O2/c1-11(16(24)20-14-2-3-14)22-4-6-23(7-5-22)17(25)21-15-9-12(18)8-13(19)10-15/h8-11,14H,2-7H2,1H3,(H,20,24)(H,21,25). The third-order valence-electron chi connectivity index (χ3n) is 4.57. The summed E-state index contributed by atoms with van der Waals surface area (Å²) in [5.41, 5.74) is 0.0853. The van der Waals surface area contributed by atoms with Crippen molar-refractivity contribution in [1.29, 1.82) is 0 Å². The Kier molecular flexibility index (Phi) is 5.17. The van der Waals surface area contributed by atoms with E-state index < -0.39 is 17.7 Å². The lowest BCUT2D eigenvalue weighted by Crippen LogP contribution is -2.55. The van der Waals surface area contributed by atoms with E-state index in [9.17, 15) is 18.4 Å². The molecule has 1 saturated heterocycles.